The SMILES string of the molecule is CCNC(=NCCCOCC1CCOCC1)NCCCNS(=O)(=O)CC.I. The van der Waals surface area contributed by atoms with Crippen LogP contribution in [0.5, 0.6) is 0 Å². The Morgan fingerprint density at radius 3 is 2.56 bits per heavy atom. The van der Waals surface area contributed by atoms with Crippen molar-refractivity contribution in [1.29, 1.82) is 0 Å². The maximum atomic E-state index is 11.3. The highest BCUT2D eigenvalue weighted by atomic mass is 127. The van der Waals surface area contributed by atoms with Crippen molar-refractivity contribution in [2.45, 2.75) is 39.5 Å². The smallest absolute Gasteiger partial charge is 0.211 e. The van der Waals surface area contributed by atoms with Crippen LogP contribution in [0.1, 0.15) is 39.5 Å². The third kappa shape index (κ3) is 14.5. The van der Waals surface area contributed by atoms with E-state index in [1.807, 2.05) is 6.92 Å². The van der Waals surface area contributed by atoms with Gasteiger partial charge in [0.25, 0.3) is 0 Å². The van der Waals surface area contributed by atoms with E-state index in [4.69, 9.17) is 9.47 Å². The zero-order valence-corrected chi connectivity index (χ0v) is 19.8. The van der Waals surface area contributed by atoms with Crippen molar-refractivity contribution in [2.75, 3.05) is 58.4 Å². The van der Waals surface area contributed by atoms with Crippen molar-refractivity contribution in [3.63, 3.8) is 0 Å². The first-order valence-electron chi connectivity index (χ1n) is 9.72. The van der Waals surface area contributed by atoms with Crippen LogP contribution in [0.2, 0.25) is 0 Å². The average Bonchev–Trinajstić information content (AvgIpc) is 2.65. The lowest BCUT2D eigenvalue weighted by Gasteiger charge is -2.21. The van der Waals surface area contributed by atoms with E-state index < -0.39 is 10.0 Å². The second kappa shape index (κ2) is 16.8. The maximum absolute atomic E-state index is 11.3. The lowest BCUT2D eigenvalue weighted by Crippen LogP contribution is -2.39. The number of hydrogen-bond donors (Lipinski definition) is 3. The van der Waals surface area contributed by atoms with Crippen LogP contribution in [0.15, 0.2) is 4.99 Å². The minimum absolute atomic E-state index is 0. The van der Waals surface area contributed by atoms with Crippen LogP contribution >= 0.6 is 24.0 Å². The highest BCUT2D eigenvalue weighted by Crippen LogP contribution is 2.14. The number of nitrogens with one attached hydrogen (secondary N) is 3. The molecule has 0 atom stereocenters. The molecule has 162 valence electrons. The summed E-state index contributed by atoms with van der Waals surface area (Å²) in [5, 5.41) is 6.41. The predicted molar refractivity (Wildman–Crippen MR) is 120 cm³/mol. The summed E-state index contributed by atoms with van der Waals surface area (Å²) in [5.41, 5.74) is 0. The Bertz CT molecular complexity index is 485. The molecule has 27 heavy (non-hydrogen) atoms. The van der Waals surface area contributed by atoms with E-state index in [2.05, 4.69) is 20.3 Å². The zero-order chi connectivity index (χ0) is 19.1. The van der Waals surface area contributed by atoms with Gasteiger partial charge in [0, 0.05) is 52.6 Å². The van der Waals surface area contributed by atoms with Crippen LogP contribution in [-0.2, 0) is 19.5 Å². The number of halogens is 1. The number of guanidine groups is 1. The van der Waals surface area contributed by atoms with Crippen LogP contribution in [0.3, 0.4) is 0 Å². The van der Waals surface area contributed by atoms with Gasteiger partial charge in [-0.05, 0) is 45.4 Å². The van der Waals surface area contributed by atoms with Crippen LogP contribution in [0.4, 0.5) is 0 Å². The number of ether oxygens (including phenoxy) is 2. The minimum atomic E-state index is -3.11. The molecule has 0 saturated carbocycles. The quantitative estimate of drug-likeness (QED) is 0.147. The monoisotopic (exact) mass is 520 g/mol. The molecule has 1 heterocycles. The van der Waals surface area contributed by atoms with Gasteiger partial charge >= 0.3 is 0 Å². The van der Waals surface area contributed by atoms with Gasteiger partial charge in [-0.15, -0.1) is 24.0 Å². The van der Waals surface area contributed by atoms with E-state index >= 15 is 0 Å². The van der Waals surface area contributed by atoms with E-state index in [9.17, 15) is 8.42 Å². The summed E-state index contributed by atoms with van der Waals surface area (Å²) in [4.78, 5) is 4.52. The molecule has 1 saturated heterocycles. The largest absolute Gasteiger partial charge is 0.381 e. The topological polar surface area (TPSA) is 101 Å². The van der Waals surface area contributed by atoms with Gasteiger partial charge < -0.3 is 20.1 Å². The van der Waals surface area contributed by atoms with E-state index in [0.29, 0.717) is 32.0 Å². The number of aliphatic imine (C=N–C) groups is 1. The van der Waals surface area contributed by atoms with Gasteiger partial charge in [0.05, 0.1) is 5.75 Å². The van der Waals surface area contributed by atoms with Gasteiger partial charge in [0.2, 0.25) is 10.0 Å². The maximum Gasteiger partial charge on any atom is 0.211 e. The van der Waals surface area contributed by atoms with Crippen molar-refractivity contribution in [2.24, 2.45) is 10.9 Å². The molecule has 0 aromatic carbocycles. The molecular weight excluding hydrogens is 483 g/mol. The van der Waals surface area contributed by atoms with Crippen LogP contribution in [-0.4, -0.2) is 72.7 Å². The Morgan fingerprint density at radius 2 is 1.89 bits per heavy atom. The van der Waals surface area contributed by atoms with Crippen molar-refractivity contribution in [1.82, 2.24) is 15.4 Å². The molecular formula is C17H37IN4O4S. The van der Waals surface area contributed by atoms with Gasteiger partial charge in [-0.25, -0.2) is 13.1 Å². The number of rotatable bonds is 13. The van der Waals surface area contributed by atoms with Gasteiger partial charge in [-0.3, -0.25) is 4.99 Å². The van der Waals surface area contributed by atoms with Crippen LogP contribution < -0.4 is 15.4 Å². The normalized spacial score (nSPS) is 16.0. The first kappa shape index (κ1) is 26.8. The second-order valence-electron chi connectivity index (χ2n) is 6.32. The fourth-order valence-corrected chi connectivity index (χ4v) is 3.15. The highest BCUT2D eigenvalue weighted by Gasteiger charge is 2.13. The highest BCUT2D eigenvalue weighted by molar-refractivity contribution is 14.0. The molecule has 0 aliphatic carbocycles. The Morgan fingerprint density at radius 1 is 1.15 bits per heavy atom. The van der Waals surface area contributed by atoms with Gasteiger partial charge in [0.1, 0.15) is 0 Å². The summed E-state index contributed by atoms with van der Waals surface area (Å²) in [5.74, 6) is 1.51. The molecule has 10 heteroatoms. The first-order chi connectivity index (χ1) is 12.6. The molecule has 8 nitrogen and oxygen atoms in total. The molecule has 1 fully saturated rings. The van der Waals surface area contributed by atoms with E-state index in [1.165, 1.54) is 0 Å². The molecule has 1 rings (SSSR count). The van der Waals surface area contributed by atoms with Crippen LogP contribution in [0, 0.1) is 5.92 Å². The Kier molecular flexibility index (Phi) is 16.6. The molecule has 1 aliphatic rings. The summed E-state index contributed by atoms with van der Waals surface area (Å²) in [6.45, 7) is 9.48. The minimum Gasteiger partial charge on any atom is -0.381 e. The van der Waals surface area contributed by atoms with Crippen molar-refractivity contribution < 1.29 is 17.9 Å². The second-order valence-corrected chi connectivity index (χ2v) is 8.42. The number of hydrogen-bond acceptors (Lipinski definition) is 5. The summed E-state index contributed by atoms with van der Waals surface area (Å²) >= 11 is 0. The van der Waals surface area contributed by atoms with Gasteiger partial charge in [-0.1, -0.05) is 0 Å². The van der Waals surface area contributed by atoms with Crippen LogP contribution in [0.25, 0.3) is 0 Å². The first-order valence-corrected chi connectivity index (χ1v) is 11.4. The van der Waals surface area contributed by atoms with E-state index in [1.54, 1.807) is 6.92 Å². The Balaban J connectivity index is 0.00000676. The zero-order valence-electron chi connectivity index (χ0n) is 16.7. The molecule has 1 aliphatic heterocycles. The molecule has 0 amide bonds. The molecule has 0 unspecified atom stereocenters. The molecule has 0 radical (unpaired) electrons. The van der Waals surface area contributed by atoms with E-state index in [-0.39, 0.29) is 29.7 Å². The number of sulfonamides is 1. The lowest BCUT2D eigenvalue weighted by atomic mass is 10.0. The molecule has 0 bridgehead atoms. The molecule has 0 aromatic heterocycles. The summed E-state index contributed by atoms with van der Waals surface area (Å²) in [6.07, 6.45) is 3.79. The Hall–Kier alpha value is -0.170. The van der Waals surface area contributed by atoms with Gasteiger partial charge in [0.15, 0.2) is 5.96 Å². The summed E-state index contributed by atoms with van der Waals surface area (Å²) < 4.78 is 36.3. The standard InChI is InChI=1S/C17H36N4O4S.HI/c1-3-18-17(19-9-5-11-21-26(22,23)4-2)20-10-6-12-25-15-16-7-13-24-14-8-16;/h16,21H,3-15H2,1-2H3,(H2,18,19,20);1H. The average molecular weight is 520 g/mol. The number of nitrogens with zero attached hydrogens (tertiary/aromatic N) is 1. The lowest BCUT2D eigenvalue weighted by molar-refractivity contribution is 0.0205. The van der Waals surface area contributed by atoms with Gasteiger partial charge in [-0.2, -0.15) is 0 Å². The fourth-order valence-electron chi connectivity index (χ4n) is 2.49. The van der Waals surface area contributed by atoms with Crippen molar-refractivity contribution >= 4 is 40.0 Å². The molecule has 0 spiro atoms. The fraction of sp³-hybridized carbons (Fsp3) is 0.941. The molecule has 3 N–H and O–H groups in total. The summed E-state index contributed by atoms with van der Waals surface area (Å²) in [6, 6.07) is 0. The van der Waals surface area contributed by atoms with Crippen molar-refractivity contribution in [3.8, 4) is 0 Å². The third-order valence-corrected chi connectivity index (χ3v) is 5.51. The Labute approximate surface area is 181 Å². The summed E-state index contributed by atoms with van der Waals surface area (Å²) in [7, 11) is -3.11. The van der Waals surface area contributed by atoms with Crippen molar-refractivity contribution in [3.05, 3.63) is 0 Å². The van der Waals surface area contributed by atoms with E-state index in [0.717, 1.165) is 58.2 Å². The molecule has 0 aromatic rings. The third-order valence-electron chi connectivity index (χ3n) is 4.10. The predicted octanol–water partition coefficient (Wildman–Crippen LogP) is 1.32.